The Hall–Kier alpha value is -1.22. The van der Waals surface area contributed by atoms with Crippen molar-refractivity contribution < 1.29 is 4.74 Å². The summed E-state index contributed by atoms with van der Waals surface area (Å²) >= 11 is 0. The maximum absolute atomic E-state index is 5.87. The largest absolute Gasteiger partial charge is 0.489 e. The van der Waals surface area contributed by atoms with E-state index >= 15 is 0 Å². The van der Waals surface area contributed by atoms with E-state index in [1.54, 1.807) is 0 Å². The van der Waals surface area contributed by atoms with E-state index in [-0.39, 0.29) is 6.10 Å². The summed E-state index contributed by atoms with van der Waals surface area (Å²) in [5, 5.41) is 0. The van der Waals surface area contributed by atoms with Gasteiger partial charge in [-0.25, -0.2) is 0 Å². The third-order valence-electron chi connectivity index (χ3n) is 3.18. The molecule has 0 spiro atoms. The monoisotopic (exact) mass is 234 g/mol. The van der Waals surface area contributed by atoms with Crippen molar-refractivity contribution in [3.8, 4) is 5.75 Å². The predicted octanol–water partition coefficient (Wildman–Crippen LogP) is 2.52. The number of benzene rings is 1. The van der Waals surface area contributed by atoms with Gasteiger partial charge in [-0.1, -0.05) is 6.42 Å². The summed E-state index contributed by atoms with van der Waals surface area (Å²) in [6.07, 6.45) is 4.27. The zero-order valence-electron chi connectivity index (χ0n) is 10.6. The molecule has 1 fully saturated rings. The molecule has 94 valence electrons. The van der Waals surface area contributed by atoms with Gasteiger partial charge in [0.1, 0.15) is 11.9 Å². The van der Waals surface area contributed by atoms with Gasteiger partial charge in [0.05, 0.1) is 0 Å². The van der Waals surface area contributed by atoms with Gasteiger partial charge >= 0.3 is 0 Å². The van der Waals surface area contributed by atoms with Crippen LogP contribution in [0.4, 0.5) is 5.69 Å². The van der Waals surface area contributed by atoms with Crippen molar-refractivity contribution in [3.05, 3.63) is 24.3 Å². The lowest BCUT2D eigenvalue weighted by Crippen LogP contribution is -2.37. The van der Waals surface area contributed by atoms with Gasteiger partial charge in [0, 0.05) is 12.2 Å². The summed E-state index contributed by atoms with van der Waals surface area (Å²) < 4.78 is 5.87. The number of anilines is 1. The number of ether oxygens (including phenoxy) is 1. The number of nitrogens with zero attached hydrogens (tertiary/aromatic N) is 1. The molecule has 1 atom stereocenters. The molecule has 0 bridgehead atoms. The number of piperidine rings is 1. The zero-order chi connectivity index (χ0) is 12.1. The SMILES string of the molecule is CC(CN1CCCCC1)Oc1ccc(N)cc1. The van der Waals surface area contributed by atoms with Crippen LogP contribution in [-0.2, 0) is 0 Å². The summed E-state index contributed by atoms with van der Waals surface area (Å²) in [6, 6.07) is 7.62. The lowest BCUT2D eigenvalue weighted by atomic mass is 10.1. The Balaban J connectivity index is 1.79. The van der Waals surface area contributed by atoms with E-state index in [1.165, 1.54) is 32.4 Å². The number of hydrogen-bond donors (Lipinski definition) is 1. The maximum atomic E-state index is 5.87. The van der Waals surface area contributed by atoms with Crippen molar-refractivity contribution in [3.63, 3.8) is 0 Å². The van der Waals surface area contributed by atoms with Crippen LogP contribution in [0.3, 0.4) is 0 Å². The van der Waals surface area contributed by atoms with Crippen LogP contribution in [0.1, 0.15) is 26.2 Å². The second kappa shape index (κ2) is 5.92. The molecule has 0 amide bonds. The van der Waals surface area contributed by atoms with E-state index < -0.39 is 0 Å². The molecule has 2 rings (SSSR count). The fourth-order valence-electron chi connectivity index (χ4n) is 2.32. The van der Waals surface area contributed by atoms with Crippen LogP contribution in [0.15, 0.2) is 24.3 Å². The van der Waals surface area contributed by atoms with Gasteiger partial charge in [-0.05, 0) is 57.1 Å². The molecule has 1 aromatic rings. The summed E-state index contributed by atoms with van der Waals surface area (Å²) in [5.41, 5.74) is 6.42. The average Bonchev–Trinajstić information content (AvgIpc) is 2.33. The van der Waals surface area contributed by atoms with Crippen LogP contribution in [-0.4, -0.2) is 30.6 Å². The maximum Gasteiger partial charge on any atom is 0.119 e. The molecule has 1 saturated heterocycles. The van der Waals surface area contributed by atoms with Crippen LogP contribution < -0.4 is 10.5 Å². The Morgan fingerprint density at radius 3 is 2.47 bits per heavy atom. The van der Waals surface area contributed by atoms with Gasteiger partial charge in [-0.3, -0.25) is 4.90 Å². The number of nitrogen functional groups attached to an aromatic ring is 1. The van der Waals surface area contributed by atoms with Crippen LogP contribution in [0.25, 0.3) is 0 Å². The Morgan fingerprint density at radius 1 is 1.18 bits per heavy atom. The van der Waals surface area contributed by atoms with Crippen LogP contribution in [0, 0.1) is 0 Å². The number of hydrogen-bond acceptors (Lipinski definition) is 3. The Morgan fingerprint density at radius 2 is 1.82 bits per heavy atom. The first-order valence-corrected chi connectivity index (χ1v) is 6.48. The molecule has 0 aliphatic carbocycles. The minimum atomic E-state index is 0.233. The van der Waals surface area contributed by atoms with E-state index in [9.17, 15) is 0 Å². The number of nitrogens with two attached hydrogens (primary N) is 1. The molecule has 1 aromatic carbocycles. The Labute approximate surface area is 104 Å². The van der Waals surface area contributed by atoms with Crippen molar-refractivity contribution in [2.24, 2.45) is 0 Å². The summed E-state index contributed by atoms with van der Waals surface area (Å²) in [5.74, 6) is 0.906. The second-order valence-electron chi connectivity index (χ2n) is 4.86. The first-order valence-electron chi connectivity index (χ1n) is 6.48. The molecule has 0 radical (unpaired) electrons. The van der Waals surface area contributed by atoms with Gasteiger partial charge in [-0.15, -0.1) is 0 Å². The molecule has 17 heavy (non-hydrogen) atoms. The van der Waals surface area contributed by atoms with E-state index in [0.717, 1.165) is 18.0 Å². The third-order valence-corrected chi connectivity index (χ3v) is 3.18. The van der Waals surface area contributed by atoms with Crippen LogP contribution >= 0.6 is 0 Å². The molecule has 1 aliphatic heterocycles. The highest BCUT2D eigenvalue weighted by molar-refractivity contribution is 5.41. The number of rotatable bonds is 4. The highest BCUT2D eigenvalue weighted by Gasteiger charge is 2.14. The second-order valence-corrected chi connectivity index (χ2v) is 4.86. The van der Waals surface area contributed by atoms with E-state index in [4.69, 9.17) is 10.5 Å². The zero-order valence-corrected chi connectivity index (χ0v) is 10.6. The Kier molecular flexibility index (Phi) is 4.26. The fourth-order valence-corrected chi connectivity index (χ4v) is 2.32. The molecule has 3 heteroatoms. The van der Waals surface area contributed by atoms with Crippen LogP contribution in [0.2, 0.25) is 0 Å². The minimum absolute atomic E-state index is 0.233. The fraction of sp³-hybridized carbons (Fsp3) is 0.571. The number of likely N-dealkylation sites (tertiary alicyclic amines) is 1. The highest BCUT2D eigenvalue weighted by Crippen LogP contribution is 2.16. The first-order chi connectivity index (χ1) is 8.24. The smallest absolute Gasteiger partial charge is 0.119 e. The topological polar surface area (TPSA) is 38.5 Å². The van der Waals surface area contributed by atoms with Crippen molar-refractivity contribution in [1.82, 2.24) is 4.90 Å². The van der Waals surface area contributed by atoms with E-state index in [2.05, 4.69) is 11.8 Å². The molecular formula is C14H22N2O. The lowest BCUT2D eigenvalue weighted by molar-refractivity contribution is 0.130. The molecule has 3 nitrogen and oxygen atoms in total. The average molecular weight is 234 g/mol. The normalized spacial score (nSPS) is 18.9. The van der Waals surface area contributed by atoms with Gasteiger partial charge < -0.3 is 10.5 Å². The lowest BCUT2D eigenvalue weighted by Gasteiger charge is -2.29. The summed E-state index contributed by atoms with van der Waals surface area (Å²) in [6.45, 7) is 5.58. The molecule has 1 aliphatic rings. The third kappa shape index (κ3) is 3.93. The quantitative estimate of drug-likeness (QED) is 0.814. The highest BCUT2D eigenvalue weighted by atomic mass is 16.5. The molecule has 0 aromatic heterocycles. The minimum Gasteiger partial charge on any atom is -0.489 e. The van der Waals surface area contributed by atoms with Crippen molar-refractivity contribution in [2.45, 2.75) is 32.3 Å². The molecule has 2 N–H and O–H groups in total. The molecule has 1 unspecified atom stereocenters. The first kappa shape index (κ1) is 12.2. The molecule has 0 saturated carbocycles. The predicted molar refractivity (Wildman–Crippen MR) is 71.2 cm³/mol. The van der Waals surface area contributed by atoms with Gasteiger partial charge in [0.15, 0.2) is 0 Å². The van der Waals surface area contributed by atoms with Gasteiger partial charge in [0.2, 0.25) is 0 Å². The molecule has 1 heterocycles. The van der Waals surface area contributed by atoms with E-state index in [1.807, 2.05) is 24.3 Å². The van der Waals surface area contributed by atoms with E-state index in [0.29, 0.717) is 0 Å². The van der Waals surface area contributed by atoms with Crippen molar-refractivity contribution in [2.75, 3.05) is 25.4 Å². The molecular weight excluding hydrogens is 212 g/mol. The van der Waals surface area contributed by atoms with Gasteiger partial charge in [-0.2, -0.15) is 0 Å². The van der Waals surface area contributed by atoms with Crippen molar-refractivity contribution in [1.29, 1.82) is 0 Å². The Bertz CT molecular complexity index is 331. The van der Waals surface area contributed by atoms with Crippen molar-refractivity contribution >= 4 is 5.69 Å². The standard InChI is InChI=1S/C14H22N2O/c1-12(11-16-9-3-2-4-10-16)17-14-7-5-13(15)6-8-14/h5-8,12H,2-4,9-11,15H2,1H3. The van der Waals surface area contributed by atoms with Crippen LogP contribution in [0.5, 0.6) is 5.75 Å². The summed E-state index contributed by atoms with van der Waals surface area (Å²) in [7, 11) is 0. The summed E-state index contributed by atoms with van der Waals surface area (Å²) in [4.78, 5) is 2.49. The van der Waals surface area contributed by atoms with Gasteiger partial charge in [0.25, 0.3) is 0 Å².